The molecule has 8 atom stereocenters. The molecule has 0 unspecified atom stereocenters. The quantitative estimate of drug-likeness (QED) is 0.535. The summed E-state index contributed by atoms with van der Waals surface area (Å²) in [6.45, 7) is 13.6. The van der Waals surface area contributed by atoms with Crippen molar-refractivity contribution in [1.29, 1.82) is 0 Å². The molecule has 27 heavy (non-hydrogen) atoms. The molecule has 0 aliphatic heterocycles. The van der Waals surface area contributed by atoms with Crippen molar-refractivity contribution in [2.24, 2.45) is 34.5 Å². The molecular weight excluding hydrogens is 338 g/mol. The van der Waals surface area contributed by atoms with Crippen LogP contribution in [0, 0.1) is 41.1 Å². The summed E-state index contributed by atoms with van der Waals surface area (Å²) < 4.78 is 5.87. The van der Waals surface area contributed by atoms with Crippen LogP contribution in [0.15, 0.2) is 11.8 Å². The average molecular weight is 372 g/mol. The molecule has 0 aromatic carbocycles. The predicted octanol–water partition coefficient (Wildman–Crippen LogP) is 4.73. The van der Waals surface area contributed by atoms with Gasteiger partial charge in [0.25, 0.3) is 0 Å². The zero-order valence-corrected chi connectivity index (χ0v) is 16.9. The lowest BCUT2D eigenvalue weighted by Crippen LogP contribution is -2.58. The number of hydrogen-bond acceptors (Lipinski definition) is 3. The minimum atomic E-state index is -0.258. The van der Waals surface area contributed by atoms with Gasteiger partial charge < -0.3 is 9.84 Å². The van der Waals surface area contributed by atoms with E-state index in [0.29, 0.717) is 17.8 Å². The number of carbonyl (C=O) groups excluding carboxylic acids is 1. The lowest BCUT2D eigenvalue weighted by molar-refractivity contribution is -0.188. The molecule has 0 spiro atoms. The Kier molecular flexibility index (Phi) is 4.66. The van der Waals surface area contributed by atoms with E-state index in [1.165, 1.54) is 25.3 Å². The number of aliphatic hydroxyl groups excluding tert-OH is 1. The summed E-state index contributed by atoms with van der Waals surface area (Å²) in [5.74, 6) is 1.87. The fourth-order valence-electron chi connectivity index (χ4n) is 7.73. The molecule has 0 radical (unpaired) electrons. The van der Waals surface area contributed by atoms with E-state index in [1.54, 1.807) is 6.20 Å². The molecular formula is C23H33NO3. The second-order valence-corrected chi connectivity index (χ2v) is 10.1. The van der Waals surface area contributed by atoms with Crippen molar-refractivity contribution in [2.45, 2.75) is 84.3 Å². The van der Waals surface area contributed by atoms with Crippen LogP contribution in [-0.4, -0.2) is 23.3 Å². The number of esters is 1. The van der Waals surface area contributed by atoms with E-state index in [1.807, 2.05) is 0 Å². The molecule has 4 aliphatic carbocycles. The van der Waals surface area contributed by atoms with Crippen molar-refractivity contribution in [3.05, 3.63) is 23.2 Å². The van der Waals surface area contributed by atoms with Crippen molar-refractivity contribution in [3.63, 3.8) is 0 Å². The third kappa shape index (κ3) is 2.85. The lowest BCUT2D eigenvalue weighted by atomic mass is 9.44. The third-order valence-electron chi connectivity index (χ3n) is 9.01. The van der Waals surface area contributed by atoms with E-state index in [4.69, 9.17) is 11.3 Å². The number of allylic oxidation sites excluding steroid dienone is 1. The highest BCUT2D eigenvalue weighted by molar-refractivity contribution is 5.66. The van der Waals surface area contributed by atoms with Crippen LogP contribution in [0.25, 0.3) is 4.85 Å². The standard InChI is InChI=1S/C23H33NO3/c1-14(25)27-21-12-17-18-6-5-15(13-24-4)22(18,2)10-8-19(17)23(3)9-7-16(26)11-20(21)23/h13,16-21,26H,5-12H2,1-3H3/b15-13-/t16-,17+,18+,19+,20-,21+,22-,23-/m1/s1. The van der Waals surface area contributed by atoms with Gasteiger partial charge in [-0.1, -0.05) is 19.4 Å². The Balaban J connectivity index is 1.69. The fraction of sp³-hybridized carbons (Fsp3) is 0.826. The molecule has 1 N–H and O–H groups in total. The number of aliphatic hydroxyl groups is 1. The summed E-state index contributed by atoms with van der Waals surface area (Å²) >= 11 is 0. The van der Waals surface area contributed by atoms with Crippen LogP contribution in [-0.2, 0) is 9.53 Å². The molecule has 4 saturated carbocycles. The van der Waals surface area contributed by atoms with Crippen molar-refractivity contribution in [3.8, 4) is 0 Å². The maximum Gasteiger partial charge on any atom is 0.302 e. The first-order valence-corrected chi connectivity index (χ1v) is 10.7. The van der Waals surface area contributed by atoms with Gasteiger partial charge in [0.15, 0.2) is 6.20 Å². The predicted molar refractivity (Wildman–Crippen MR) is 103 cm³/mol. The summed E-state index contributed by atoms with van der Waals surface area (Å²) in [5, 5.41) is 10.3. The zero-order chi connectivity index (χ0) is 19.4. The smallest absolute Gasteiger partial charge is 0.302 e. The summed E-state index contributed by atoms with van der Waals surface area (Å²) in [5.41, 5.74) is 1.64. The number of rotatable bonds is 1. The molecule has 0 bridgehead atoms. The summed E-state index contributed by atoms with van der Waals surface area (Å²) in [7, 11) is 0. The van der Waals surface area contributed by atoms with E-state index in [0.717, 1.165) is 38.5 Å². The molecule has 4 heteroatoms. The first kappa shape index (κ1) is 19.0. The van der Waals surface area contributed by atoms with Gasteiger partial charge >= 0.3 is 5.97 Å². The first-order valence-electron chi connectivity index (χ1n) is 10.7. The average Bonchev–Trinajstić information content (AvgIpc) is 2.93. The highest BCUT2D eigenvalue weighted by atomic mass is 16.5. The molecule has 0 heterocycles. The van der Waals surface area contributed by atoms with Crippen LogP contribution >= 0.6 is 0 Å². The minimum absolute atomic E-state index is 0.0695. The van der Waals surface area contributed by atoms with Crippen molar-refractivity contribution in [1.82, 2.24) is 0 Å². The molecule has 4 fully saturated rings. The Bertz CT molecular complexity index is 694. The van der Waals surface area contributed by atoms with Gasteiger partial charge in [0.05, 0.1) is 12.7 Å². The Morgan fingerprint density at radius 1 is 1.19 bits per heavy atom. The van der Waals surface area contributed by atoms with Gasteiger partial charge in [0.1, 0.15) is 6.10 Å². The Hall–Kier alpha value is -1.34. The fourth-order valence-corrected chi connectivity index (χ4v) is 7.73. The normalized spacial score (nSPS) is 50.3. The van der Waals surface area contributed by atoms with Crippen LogP contribution in [0.4, 0.5) is 0 Å². The topological polar surface area (TPSA) is 50.9 Å². The van der Waals surface area contributed by atoms with Gasteiger partial charge in [0.2, 0.25) is 0 Å². The molecule has 148 valence electrons. The lowest BCUT2D eigenvalue weighted by Gasteiger charge is -2.62. The molecule has 4 rings (SSSR count). The number of ether oxygens (including phenoxy) is 1. The van der Waals surface area contributed by atoms with Gasteiger partial charge in [-0.25, -0.2) is 4.85 Å². The molecule has 0 amide bonds. The van der Waals surface area contributed by atoms with Gasteiger partial charge in [-0.2, -0.15) is 0 Å². The Labute approximate surface area is 163 Å². The van der Waals surface area contributed by atoms with Gasteiger partial charge in [-0.05, 0) is 80.0 Å². The molecule has 0 aromatic heterocycles. The van der Waals surface area contributed by atoms with E-state index in [-0.39, 0.29) is 34.9 Å². The summed E-state index contributed by atoms with van der Waals surface area (Å²) in [6.07, 6.45) is 9.64. The molecule has 0 aromatic rings. The second-order valence-electron chi connectivity index (χ2n) is 10.1. The van der Waals surface area contributed by atoms with E-state index < -0.39 is 0 Å². The largest absolute Gasteiger partial charge is 0.462 e. The van der Waals surface area contributed by atoms with Crippen molar-refractivity contribution in [2.75, 3.05) is 0 Å². The zero-order valence-electron chi connectivity index (χ0n) is 16.9. The summed E-state index contributed by atoms with van der Waals surface area (Å²) in [4.78, 5) is 15.4. The van der Waals surface area contributed by atoms with Crippen LogP contribution in [0.2, 0.25) is 0 Å². The van der Waals surface area contributed by atoms with Crippen LogP contribution in [0.1, 0.15) is 72.1 Å². The number of hydrogen-bond donors (Lipinski definition) is 1. The third-order valence-corrected chi connectivity index (χ3v) is 9.01. The Morgan fingerprint density at radius 3 is 2.67 bits per heavy atom. The SMILES string of the molecule is [C-]#[N+]/C=C1/CC[C@H]2[C@@H]3C[C@H](OC(C)=O)[C@H]4C[C@H](O)CC[C@]4(C)[C@H]3CC[C@]12C. The van der Waals surface area contributed by atoms with Crippen molar-refractivity contribution < 1.29 is 14.6 Å². The van der Waals surface area contributed by atoms with E-state index in [9.17, 15) is 9.90 Å². The number of carbonyl (C=O) groups is 1. The highest BCUT2D eigenvalue weighted by Crippen LogP contribution is 2.67. The van der Waals surface area contributed by atoms with Crippen LogP contribution in [0.5, 0.6) is 0 Å². The van der Waals surface area contributed by atoms with Gasteiger partial charge in [-0.15, -0.1) is 0 Å². The summed E-state index contributed by atoms with van der Waals surface area (Å²) in [6, 6.07) is 0. The van der Waals surface area contributed by atoms with Gasteiger partial charge in [-0.3, -0.25) is 4.79 Å². The van der Waals surface area contributed by atoms with Crippen molar-refractivity contribution >= 4 is 5.97 Å². The maximum atomic E-state index is 11.8. The number of fused-ring (bicyclic) bond motifs is 5. The molecule has 4 nitrogen and oxygen atoms in total. The molecule has 4 aliphatic rings. The monoisotopic (exact) mass is 371 g/mol. The second kappa shape index (κ2) is 6.62. The van der Waals surface area contributed by atoms with E-state index in [2.05, 4.69) is 18.7 Å². The molecule has 0 saturated heterocycles. The number of nitrogens with zero attached hydrogens (tertiary/aromatic N) is 1. The first-order chi connectivity index (χ1) is 12.8. The van der Waals surface area contributed by atoms with Crippen LogP contribution in [0.3, 0.4) is 0 Å². The van der Waals surface area contributed by atoms with Gasteiger partial charge in [0, 0.05) is 12.8 Å². The minimum Gasteiger partial charge on any atom is -0.462 e. The maximum absolute atomic E-state index is 11.8. The van der Waals surface area contributed by atoms with Crippen LogP contribution < -0.4 is 0 Å². The van der Waals surface area contributed by atoms with E-state index >= 15 is 0 Å². The highest BCUT2D eigenvalue weighted by Gasteiger charge is 2.61. The Morgan fingerprint density at radius 2 is 1.96 bits per heavy atom.